The number of hydrogen-bond donors (Lipinski definition) is 1. The van der Waals surface area contributed by atoms with Gasteiger partial charge >= 0.3 is 0 Å². The van der Waals surface area contributed by atoms with E-state index >= 15 is 0 Å². The Morgan fingerprint density at radius 3 is 2.71 bits per heavy atom. The molecule has 0 saturated carbocycles. The van der Waals surface area contributed by atoms with E-state index < -0.39 is 6.17 Å². The Kier molecular flexibility index (Phi) is 5.77. The number of fused-ring (bicyclic) bond motifs is 1. The topological polar surface area (TPSA) is 70.3 Å². The molecule has 3 aromatic heterocycles. The second-order valence-electron chi connectivity index (χ2n) is 8.36. The van der Waals surface area contributed by atoms with E-state index in [1.165, 1.54) is 0 Å². The standard InChI is InChI=1S/C22H26ClFN6O/c23-18-12-25-19-1-2-20(29-8-3-16(24)14-29)27-22(19)21(18)15-11-26-30(13-15)17-4-6-28(7-5-17)9-10-31/h1-2,11-13,16-17,31H,3-10,14H2. The number of β-amino-alcohol motifs (C(OH)–C–C–N with tert-alkyl or cyclic N) is 1. The number of aliphatic hydroxyl groups excluding tert-OH is 1. The minimum atomic E-state index is -0.809. The highest BCUT2D eigenvalue weighted by Gasteiger charge is 2.25. The molecule has 0 spiro atoms. The minimum Gasteiger partial charge on any atom is -0.395 e. The Labute approximate surface area is 185 Å². The summed E-state index contributed by atoms with van der Waals surface area (Å²) in [5, 5.41) is 14.3. The molecule has 0 radical (unpaired) electrons. The van der Waals surface area contributed by atoms with Gasteiger partial charge in [-0.25, -0.2) is 9.37 Å². The summed E-state index contributed by atoms with van der Waals surface area (Å²) in [4.78, 5) is 13.5. The molecule has 1 N–H and O–H groups in total. The number of pyridine rings is 2. The van der Waals surface area contributed by atoms with Crippen molar-refractivity contribution in [1.29, 1.82) is 0 Å². The van der Waals surface area contributed by atoms with Gasteiger partial charge in [-0.15, -0.1) is 0 Å². The van der Waals surface area contributed by atoms with Gasteiger partial charge < -0.3 is 14.9 Å². The SMILES string of the molecule is OCCN1CCC(n2cc(-c3c(Cl)cnc4ccc(N5CCC(F)C5)nc34)cn2)CC1. The van der Waals surface area contributed by atoms with Crippen LogP contribution in [0, 0.1) is 0 Å². The number of likely N-dealkylation sites (tertiary alicyclic amines) is 1. The van der Waals surface area contributed by atoms with E-state index in [0.717, 1.165) is 54.9 Å². The number of rotatable bonds is 5. The first-order valence-electron chi connectivity index (χ1n) is 10.8. The van der Waals surface area contributed by atoms with E-state index in [0.29, 0.717) is 36.1 Å². The van der Waals surface area contributed by atoms with Crippen molar-refractivity contribution in [3.8, 4) is 11.1 Å². The van der Waals surface area contributed by atoms with Crippen molar-refractivity contribution in [2.45, 2.75) is 31.5 Å². The monoisotopic (exact) mass is 444 g/mol. The van der Waals surface area contributed by atoms with E-state index in [4.69, 9.17) is 21.7 Å². The number of alkyl halides is 1. The molecule has 7 nitrogen and oxygen atoms in total. The predicted octanol–water partition coefficient (Wildman–Crippen LogP) is 3.32. The summed E-state index contributed by atoms with van der Waals surface area (Å²) in [7, 11) is 0. The van der Waals surface area contributed by atoms with Crippen molar-refractivity contribution in [3.05, 3.63) is 35.7 Å². The maximum atomic E-state index is 13.7. The molecule has 164 valence electrons. The average molecular weight is 445 g/mol. The fraction of sp³-hybridized carbons (Fsp3) is 0.500. The second-order valence-corrected chi connectivity index (χ2v) is 8.76. The predicted molar refractivity (Wildman–Crippen MR) is 119 cm³/mol. The summed E-state index contributed by atoms with van der Waals surface area (Å²) in [6.45, 7) is 3.86. The lowest BCUT2D eigenvalue weighted by Gasteiger charge is -2.31. The van der Waals surface area contributed by atoms with E-state index in [1.807, 2.05) is 34.1 Å². The summed E-state index contributed by atoms with van der Waals surface area (Å²) in [6, 6.07) is 4.14. The van der Waals surface area contributed by atoms with Crippen molar-refractivity contribution in [2.75, 3.05) is 44.2 Å². The Morgan fingerprint density at radius 2 is 1.97 bits per heavy atom. The molecule has 3 aromatic rings. The zero-order chi connectivity index (χ0) is 21.4. The molecule has 0 bridgehead atoms. The zero-order valence-electron chi connectivity index (χ0n) is 17.3. The van der Waals surface area contributed by atoms with Crippen LogP contribution < -0.4 is 4.90 Å². The van der Waals surface area contributed by atoms with Crippen LogP contribution in [0.1, 0.15) is 25.3 Å². The molecular formula is C22H26ClFN6O. The van der Waals surface area contributed by atoms with Crippen LogP contribution in [0.15, 0.2) is 30.7 Å². The van der Waals surface area contributed by atoms with Gasteiger partial charge in [0.1, 0.15) is 17.5 Å². The third-order valence-electron chi connectivity index (χ3n) is 6.34. The van der Waals surface area contributed by atoms with Crippen LogP contribution in [-0.4, -0.2) is 75.3 Å². The van der Waals surface area contributed by atoms with Crippen LogP contribution in [0.2, 0.25) is 5.02 Å². The van der Waals surface area contributed by atoms with Gasteiger partial charge in [0.25, 0.3) is 0 Å². The molecule has 0 aromatic carbocycles. The quantitative estimate of drug-likeness (QED) is 0.651. The molecule has 0 aliphatic carbocycles. The summed E-state index contributed by atoms with van der Waals surface area (Å²) in [6.07, 6.45) is 7.23. The highest BCUT2D eigenvalue weighted by molar-refractivity contribution is 6.34. The number of hydrogen-bond acceptors (Lipinski definition) is 6. The van der Waals surface area contributed by atoms with E-state index in [1.54, 1.807) is 6.20 Å². The third-order valence-corrected chi connectivity index (χ3v) is 6.63. The highest BCUT2D eigenvalue weighted by Crippen LogP contribution is 2.35. The summed E-state index contributed by atoms with van der Waals surface area (Å²) < 4.78 is 15.7. The lowest BCUT2D eigenvalue weighted by atomic mass is 10.0. The molecule has 2 aliphatic rings. The fourth-order valence-electron chi connectivity index (χ4n) is 4.63. The van der Waals surface area contributed by atoms with Crippen molar-refractivity contribution < 1.29 is 9.50 Å². The normalized spacial score (nSPS) is 20.7. The molecule has 2 aliphatic heterocycles. The van der Waals surface area contributed by atoms with Gasteiger partial charge in [0.05, 0.1) is 35.9 Å². The van der Waals surface area contributed by atoms with Gasteiger partial charge in [-0.3, -0.25) is 9.67 Å². The number of aliphatic hydroxyl groups is 1. The maximum absolute atomic E-state index is 13.7. The van der Waals surface area contributed by atoms with Gasteiger partial charge in [-0.2, -0.15) is 5.10 Å². The average Bonchev–Trinajstić information content (AvgIpc) is 3.43. The lowest BCUT2D eigenvalue weighted by Crippen LogP contribution is -2.36. The molecule has 9 heteroatoms. The lowest BCUT2D eigenvalue weighted by molar-refractivity contribution is 0.146. The number of halogens is 2. The summed E-state index contributed by atoms with van der Waals surface area (Å²) in [5.41, 5.74) is 3.19. The van der Waals surface area contributed by atoms with Crippen LogP contribution in [0.4, 0.5) is 10.2 Å². The Hall–Kier alpha value is -2.29. The van der Waals surface area contributed by atoms with E-state index in [2.05, 4.69) is 15.0 Å². The first kappa shape index (κ1) is 20.6. The number of anilines is 1. The largest absolute Gasteiger partial charge is 0.395 e. The molecule has 2 fully saturated rings. The van der Waals surface area contributed by atoms with Crippen LogP contribution in [0.25, 0.3) is 22.2 Å². The van der Waals surface area contributed by atoms with E-state index in [9.17, 15) is 4.39 Å². The Morgan fingerprint density at radius 1 is 1.13 bits per heavy atom. The van der Waals surface area contributed by atoms with Gasteiger partial charge in [0.15, 0.2) is 0 Å². The number of aromatic nitrogens is 4. The molecule has 0 amide bonds. The van der Waals surface area contributed by atoms with Crippen LogP contribution in [0.5, 0.6) is 0 Å². The minimum absolute atomic E-state index is 0.197. The molecular weight excluding hydrogens is 419 g/mol. The first-order valence-corrected chi connectivity index (χ1v) is 11.2. The highest BCUT2D eigenvalue weighted by atomic mass is 35.5. The van der Waals surface area contributed by atoms with Gasteiger partial charge in [-0.05, 0) is 31.4 Å². The van der Waals surface area contributed by atoms with Gasteiger partial charge in [0.2, 0.25) is 0 Å². The Bertz CT molecular complexity index is 1070. The smallest absolute Gasteiger partial charge is 0.129 e. The molecule has 5 rings (SSSR count). The molecule has 1 atom stereocenters. The second kappa shape index (κ2) is 8.68. The van der Waals surface area contributed by atoms with Gasteiger partial charge in [0, 0.05) is 49.7 Å². The third kappa shape index (κ3) is 4.12. The number of nitrogens with zero attached hydrogens (tertiary/aromatic N) is 6. The fourth-order valence-corrected chi connectivity index (χ4v) is 4.87. The van der Waals surface area contributed by atoms with E-state index in [-0.39, 0.29) is 6.61 Å². The molecule has 5 heterocycles. The summed E-state index contributed by atoms with van der Waals surface area (Å²) in [5.74, 6) is 0.751. The van der Waals surface area contributed by atoms with Gasteiger partial charge in [-0.1, -0.05) is 11.6 Å². The van der Waals surface area contributed by atoms with Crippen LogP contribution in [0.3, 0.4) is 0 Å². The summed E-state index contributed by atoms with van der Waals surface area (Å²) >= 11 is 6.58. The van der Waals surface area contributed by atoms with Crippen molar-refractivity contribution in [2.24, 2.45) is 0 Å². The van der Waals surface area contributed by atoms with Crippen molar-refractivity contribution in [3.63, 3.8) is 0 Å². The maximum Gasteiger partial charge on any atom is 0.129 e. The Balaban J connectivity index is 1.45. The first-order chi connectivity index (χ1) is 15.1. The molecule has 2 saturated heterocycles. The van der Waals surface area contributed by atoms with Crippen molar-refractivity contribution >= 4 is 28.5 Å². The zero-order valence-corrected chi connectivity index (χ0v) is 18.0. The van der Waals surface area contributed by atoms with Crippen LogP contribution in [-0.2, 0) is 0 Å². The molecule has 31 heavy (non-hydrogen) atoms. The molecule has 1 unspecified atom stereocenters. The van der Waals surface area contributed by atoms with Crippen LogP contribution >= 0.6 is 11.6 Å². The van der Waals surface area contributed by atoms with Crippen molar-refractivity contribution in [1.82, 2.24) is 24.6 Å². The number of piperidine rings is 1.